The summed E-state index contributed by atoms with van der Waals surface area (Å²) in [5.41, 5.74) is 6.29. The summed E-state index contributed by atoms with van der Waals surface area (Å²) in [5, 5.41) is 8.00. The van der Waals surface area contributed by atoms with Crippen LogP contribution in [0.15, 0.2) is 6.20 Å². The van der Waals surface area contributed by atoms with E-state index in [0.29, 0.717) is 52.7 Å². The van der Waals surface area contributed by atoms with Crippen LogP contribution in [0.1, 0.15) is 12.6 Å². The van der Waals surface area contributed by atoms with E-state index in [2.05, 4.69) is 17.2 Å². The summed E-state index contributed by atoms with van der Waals surface area (Å²) in [5.74, 6) is 0. The molecule has 0 amide bonds. The molecule has 1 aromatic rings. The first-order valence-electron chi connectivity index (χ1n) is 6.69. The second-order valence-electron chi connectivity index (χ2n) is 3.95. The summed E-state index contributed by atoms with van der Waals surface area (Å²) in [7, 11) is 0. The van der Waals surface area contributed by atoms with Gasteiger partial charge in [0.1, 0.15) is 0 Å². The average Bonchev–Trinajstić information content (AvgIpc) is 2.89. The maximum Gasteiger partial charge on any atom is 0.0824 e. The molecule has 0 saturated heterocycles. The first-order valence-corrected chi connectivity index (χ1v) is 6.69. The fraction of sp³-hybridized carbons (Fsp3) is 0.833. The van der Waals surface area contributed by atoms with Crippen molar-refractivity contribution in [2.24, 2.45) is 5.73 Å². The van der Waals surface area contributed by atoms with Crippen LogP contribution in [-0.2, 0) is 27.2 Å². The summed E-state index contributed by atoms with van der Waals surface area (Å²) >= 11 is 0. The van der Waals surface area contributed by atoms with Gasteiger partial charge in [-0.25, -0.2) is 4.68 Å². The van der Waals surface area contributed by atoms with Crippen molar-refractivity contribution in [3.63, 3.8) is 0 Å². The Morgan fingerprint density at radius 3 is 2.26 bits per heavy atom. The zero-order valence-corrected chi connectivity index (χ0v) is 11.6. The summed E-state index contributed by atoms with van der Waals surface area (Å²) in [6, 6.07) is 0. The highest BCUT2D eigenvalue weighted by atomic mass is 16.5. The molecule has 1 heterocycles. The molecule has 0 aliphatic heterocycles. The third-order valence-corrected chi connectivity index (χ3v) is 2.42. The van der Waals surface area contributed by atoms with Crippen LogP contribution < -0.4 is 5.73 Å². The van der Waals surface area contributed by atoms with Gasteiger partial charge in [-0.05, 0) is 6.42 Å². The minimum Gasteiger partial charge on any atom is -0.378 e. The van der Waals surface area contributed by atoms with Gasteiger partial charge >= 0.3 is 0 Å². The van der Waals surface area contributed by atoms with Gasteiger partial charge in [0.05, 0.1) is 51.9 Å². The minimum absolute atomic E-state index is 0.547. The first kappa shape index (κ1) is 16.0. The number of aromatic nitrogens is 3. The highest BCUT2D eigenvalue weighted by molar-refractivity contribution is 4.90. The molecule has 0 spiro atoms. The molecule has 1 aromatic heterocycles. The lowest BCUT2D eigenvalue weighted by atomic mass is 10.4. The van der Waals surface area contributed by atoms with Crippen molar-refractivity contribution in [1.82, 2.24) is 15.0 Å². The van der Waals surface area contributed by atoms with Crippen LogP contribution >= 0.6 is 0 Å². The first-order chi connectivity index (χ1) is 9.36. The minimum atomic E-state index is 0.547. The molecule has 7 nitrogen and oxygen atoms in total. The highest BCUT2D eigenvalue weighted by Gasteiger charge is 1.97. The van der Waals surface area contributed by atoms with E-state index in [4.69, 9.17) is 19.9 Å². The highest BCUT2D eigenvalue weighted by Crippen LogP contribution is 1.93. The number of nitrogens with two attached hydrogens (primary N) is 1. The van der Waals surface area contributed by atoms with Crippen molar-refractivity contribution in [1.29, 1.82) is 0 Å². The lowest BCUT2D eigenvalue weighted by Gasteiger charge is -2.06. The SMILES string of the molecule is CCc1cn(CCOCCOCCOCCN)nn1. The van der Waals surface area contributed by atoms with E-state index >= 15 is 0 Å². The normalized spacial score (nSPS) is 11.1. The largest absolute Gasteiger partial charge is 0.378 e. The molecule has 0 radical (unpaired) electrons. The zero-order valence-electron chi connectivity index (χ0n) is 11.6. The molecule has 0 unspecified atom stereocenters. The number of hydrogen-bond donors (Lipinski definition) is 1. The van der Waals surface area contributed by atoms with Gasteiger partial charge < -0.3 is 19.9 Å². The van der Waals surface area contributed by atoms with Gasteiger partial charge in [-0.2, -0.15) is 0 Å². The van der Waals surface area contributed by atoms with Crippen LogP contribution in [0, 0.1) is 0 Å². The Kier molecular flexibility index (Phi) is 9.17. The molecule has 0 fully saturated rings. The van der Waals surface area contributed by atoms with E-state index in [1.165, 1.54) is 0 Å². The standard InChI is InChI=1S/C12H24N4O3/c1-2-12-11-16(15-14-12)4-6-18-8-10-19-9-7-17-5-3-13/h11H,2-10,13H2,1H3. The molecule has 0 bridgehead atoms. The second kappa shape index (κ2) is 10.9. The molecule has 0 atom stereocenters. The van der Waals surface area contributed by atoms with Crippen LogP contribution in [-0.4, -0.2) is 61.2 Å². The molecule has 0 aliphatic carbocycles. The van der Waals surface area contributed by atoms with E-state index in [0.717, 1.165) is 12.1 Å². The molecular weight excluding hydrogens is 248 g/mol. The number of ether oxygens (including phenoxy) is 3. The van der Waals surface area contributed by atoms with Crippen LogP contribution in [0.4, 0.5) is 0 Å². The Bertz CT molecular complexity index is 320. The van der Waals surface area contributed by atoms with Gasteiger partial charge in [0.25, 0.3) is 0 Å². The molecule has 7 heteroatoms. The van der Waals surface area contributed by atoms with E-state index in [9.17, 15) is 0 Å². The van der Waals surface area contributed by atoms with Crippen molar-refractivity contribution in [2.75, 3.05) is 46.2 Å². The molecule has 19 heavy (non-hydrogen) atoms. The van der Waals surface area contributed by atoms with Crippen molar-refractivity contribution < 1.29 is 14.2 Å². The van der Waals surface area contributed by atoms with Crippen LogP contribution in [0.25, 0.3) is 0 Å². The van der Waals surface area contributed by atoms with E-state index in [-0.39, 0.29) is 0 Å². The van der Waals surface area contributed by atoms with Crippen molar-refractivity contribution in [2.45, 2.75) is 19.9 Å². The second-order valence-corrected chi connectivity index (χ2v) is 3.95. The lowest BCUT2D eigenvalue weighted by molar-refractivity contribution is 0.0141. The Balaban J connectivity index is 1.86. The Labute approximate surface area is 114 Å². The smallest absolute Gasteiger partial charge is 0.0824 e. The van der Waals surface area contributed by atoms with Gasteiger partial charge in [-0.1, -0.05) is 12.1 Å². The van der Waals surface area contributed by atoms with Gasteiger partial charge in [-0.3, -0.25) is 0 Å². The van der Waals surface area contributed by atoms with Crippen LogP contribution in [0.2, 0.25) is 0 Å². The average molecular weight is 272 g/mol. The van der Waals surface area contributed by atoms with Gasteiger partial charge in [0.2, 0.25) is 0 Å². The predicted molar refractivity (Wildman–Crippen MR) is 70.9 cm³/mol. The van der Waals surface area contributed by atoms with Gasteiger partial charge in [0, 0.05) is 12.7 Å². The Morgan fingerprint density at radius 2 is 1.68 bits per heavy atom. The Morgan fingerprint density at radius 1 is 1.05 bits per heavy atom. The summed E-state index contributed by atoms with van der Waals surface area (Å²) in [6.07, 6.45) is 2.84. The maximum atomic E-state index is 5.43. The molecule has 1 rings (SSSR count). The summed E-state index contributed by atoms with van der Waals surface area (Å²) in [6.45, 7) is 6.81. The lowest BCUT2D eigenvalue weighted by Crippen LogP contribution is -2.14. The quantitative estimate of drug-likeness (QED) is 0.533. The van der Waals surface area contributed by atoms with E-state index in [1.807, 2.05) is 6.20 Å². The topological polar surface area (TPSA) is 84.4 Å². The number of aryl methyl sites for hydroxylation is 1. The van der Waals surface area contributed by atoms with Crippen LogP contribution in [0.5, 0.6) is 0 Å². The molecule has 110 valence electrons. The predicted octanol–water partition coefficient (Wildman–Crippen LogP) is -0.151. The van der Waals surface area contributed by atoms with Crippen LogP contribution in [0.3, 0.4) is 0 Å². The molecular formula is C12H24N4O3. The van der Waals surface area contributed by atoms with Crippen molar-refractivity contribution in [3.05, 3.63) is 11.9 Å². The third kappa shape index (κ3) is 7.89. The maximum absolute atomic E-state index is 5.43. The van der Waals surface area contributed by atoms with E-state index < -0.39 is 0 Å². The fourth-order valence-corrected chi connectivity index (χ4v) is 1.39. The monoisotopic (exact) mass is 272 g/mol. The number of nitrogens with zero attached hydrogens (tertiary/aromatic N) is 3. The van der Waals surface area contributed by atoms with E-state index in [1.54, 1.807) is 4.68 Å². The van der Waals surface area contributed by atoms with Crippen molar-refractivity contribution >= 4 is 0 Å². The molecule has 2 N–H and O–H groups in total. The summed E-state index contributed by atoms with van der Waals surface area (Å²) < 4.78 is 17.7. The van der Waals surface area contributed by atoms with Crippen molar-refractivity contribution in [3.8, 4) is 0 Å². The molecule has 0 aromatic carbocycles. The molecule has 0 aliphatic rings. The number of hydrogen-bond acceptors (Lipinski definition) is 6. The molecule has 0 saturated carbocycles. The Hall–Kier alpha value is -1.02. The third-order valence-electron chi connectivity index (χ3n) is 2.42. The van der Waals surface area contributed by atoms with Gasteiger partial charge in [0.15, 0.2) is 0 Å². The zero-order chi connectivity index (χ0) is 13.8. The van der Waals surface area contributed by atoms with Gasteiger partial charge in [-0.15, -0.1) is 5.10 Å². The fourth-order valence-electron chi connectivity index (χ4n) is 1.39. The summed E-state index contributed by atoms with van der Waals surface area (Å²) in [4.78, 5) is 0. The number of rotatable bonds is 12.